The van der Waals surface area contributed by atoms with E-state index in [2.05, 4.69) is 19.2 Å². The third-order valence-corrected chi connectivity index (χ3v) is 4.53. The molecule has 0 heterocycles. The van der Waals surface area contributed by atoms with Gasteiger partial charge in [0.05, 0.1) is 17.9 Å². The van der Waals surface area contributed by atoms with Crippen LogP contribution in [0.3, 0.4) is 0 Å². The quantitative estimate of drug-likeness (QED) is 0.782. The average Bonchev–Trinajstić information content (AvgIpc) is 3.05. The smallest absolute Gasteiger partial charge is 0.307 e. The highest BCUT2D eigenvalue weighted by molar-refractivity contribution is 5.89. The number of methoxy groups -OCH3 is 1. The number of hydrogen-bond acceptors (Lipinski definition) is 3. The molecule has 0 radical (unpaired) electrons. The lowest BCUT2D eigenvalue weighted by atomic mass is 9.58. The summed E-state index contributed by atoms with van der Waals surface area (Å²) in [5.41, 5.74) is -0.0998. The molecule has 0 bridgehead atoms. The number of ether oxygens (including phenoxy) is 1. The van der Waals surface area contributed by atoms with Gasteiger partial charge in [-0.25, -0.2) is 0 Å². The van der Waals surface area contributed by atoms with E-state index in [1.807, 2.05) is 6.92 Å². The summed E-state index contributed by atoms with van der Waals surface area (Å²) in [4.78, 5) is 22.7. The highest BCUT2D eigenvalue weighted by atomic mass is 16.5. The summed E-state index contributed by atoms with van der Waals surface area (Å²) in [5, 5.41) is 11.8. The fourth-order valence-corrected chi connectivity index (χ4v) is 3.44. The van der Waals surface area contributed by atoms with E-state index >= 15 is 0 Å². The molecule has 0 spiro atoms. The van der Waals surface area contributed by atoms with Gasteiger partial charge in [-0.1, -0.05) is 20.8 Å². The Labute approximate surface area is 107 Å². The molecule has 0 aliphatic heterocycles. The lowest BCUT2D eigenvalue weighted by Gasteiger charge is -2.56. The lowest BCUT2D eigenvalue weighted by Crippen LogP contribution is -2.68. The molecule has 0 aromatic heterocycles. The van der Waals surface area contributed by atoms with Gasteiger partial charge in [0.2, 0.25) is 5.91 Å². The van der Waals surface area contributed by atoms with Crippen LogP contribution in [0.2, 0.25) is 0 Å². The molecule has 5 heteroatoms. The van der Waals surface area contributed by atoms with Crippen molar-refractivity contribution in [2.75, 3.05) is 7.11 Å². The van der Waals surface area contributed by atoms with Crippen LogP contribution >= 0.6 is 0 Å². The molecular weight excluding hydrogens is 234 g/mol. The van der Waals surface area contributed by atoms with Gasteiger partial charge in [0.15, 0.2) is 0 Å². The molecule has 5 unspecified atom stereocenters. The number of rotatable bonds is 4. The van der Waals surface area contributed by atoms with Crippen molar-refractivity contribution in [1.29, 1.82) is 0 Å². The molecule has 5 atom stereocenters. The molecule has 2 aliphatic carbocycles. The molecule has 0 aromatic carbocycles. The molecule has 1 amide bonds. The van der Waals surface area contributed by atoms with Crippen LogP contribution < -0.4 is 5.32 Å². The first kappa shape index (κ1) is 13.3. The second-order valence-electron chi connectivity index (χ2n) is 6.11. The zero-order chi connectivity index (χ0) is 13.7. The number of nitrogens with one attached hydrogen (secondary N) is 1. The lowest BCUT2D eigenvalue weighted by molar-refractivity contribution is -0.155. The van der Waals surface area contributed by atoms with Crippen molar-refractivity contribution in [3.8, 4) is 0 Å². The van der Waals surface area contributed by atoms with E-state index in [1.54, 1.807) is 7.11 Å². The van der Waals surface area contributed by atoms with Gasteiger partial charge in [-0.05, 0) is 6.42 Å². The Morgan fingerprint density at radius 1 is 1.33 bits per heavy atom. The largest absolute Gasteiger partial charge is 0.481 e. The predicted molar refractivity (Wildman–Crippen MR) is 64.9 cm³/mol. The number of hydrogen-bond donors (Lipinski definition) is 2. The number of carbonyl (C=O) groups is 2. The zero-order valence-corrected chi connectivity index (χ0v) is 11.3. The summed E-state index contributed by atoms with van der Waals surface area (Å²) in [5.74, 6) is -1.56. The first-order chi connectivity index (χ1) is 8.30. The summed E-state index contributed by atoms with van der Waals surface area (Å²) >= 11 is 0. The van der Waals surface area contributed by atoms with E-state index in [4.69, 9.17) is 9.84 Å². The SMILES string of the molecule is COC1C(C)C(NC(=O)C2CC2C(=O)O)C1(C)C. The van der Waals surface area contributed by atoms with Gasteiger partial charge in [-0.15, -0.1) is 0 Å². The Morgan fingerprint density at radius 2 is 1.94 bits per heavy atom. The standard InChI is InChI=1S/C13H21NO4/c1-6-9(13(2,3)10(6)18-4)14-11(15)7-5-8(7)12(16)17/h6-10H,5H2,1-4H3,(H,14,15)(H,16,17). The van der Waals surface area contributed by atoms with Gasteiger partial charge in [-0.3, -0.25) is 9.59 Å². The molecule has 5 nitrogen and oxygen atoms in total. The van der Waals surface area contributed by atoms with E-state index in [-0.39, 0.29) is 35.3 Å². The molecule has 2 saturated carbocycles. The molecule has 0 saturated heterocycles. The van der Waals surface area contributed by atoms with Crippen LogP contribution in [0.25, 0.3) is 0 Å². The Kier molecular flexibility index (Phi) is 3.13. The highest BCUT2D eigenvalue weighted by Gasteiger charge is 2.57. The normalized spacial score (nSPS) is 40.8. The van der Waals surface area contributed by atoms with Crippen LogP contribution in [0, 0.1) is 23.2 Å². The summed E-state index contributed by atoms with van der Waals surface area (Å²) in [6.45, 7) is 6.17. The Hall–Kier alpha value is -1.10. The van der Waals surface area contributed by atoms with E-state index in [0.29, 0.717) is 6.42 Å². The minimum atomic E-state index is -0.870. The minimum Gasteiger partial charge on any atom is -0.481 e. The van der Waals surface area contributed by atoms with Crippen molar-refractivity contribution in [1.82, 2.24) is 5.32 Å². The molecule has 2 fully saturated rings. The van der Waals surface area contributed by atoms with E-state index in [0.717, 1.165) is 0 Å². The van der Waals surface area contributed by atoms with E-state index < -0.39 is 11.9 Å². The van der Waals surface area contributed by atoms with Crippen LogP contribution in [0.15, 0.2) is 0 Å². The molecule has 2 rings (SSSR count). The van der Waals surface area contributed by atoms with Gasteiger partial charge >= 0.3 is 5.97 Å². The maximum Gasteiger partial charge on any atom is 0.307 e. The first-order valence-electron chi connectivity index (χ1n) is 6.36. The molecule has 2 aliphatic rings. The number of amides is 1. The van der Waals surface area contributed by atoms with Gasteiger partial charge in [0.1, 0.15) is 0 Å². The van der Waals surface area contributed by atoms with Gasteiger partial charge in [0, 0.05) is 24.5 Å². The molecule has 102 valence electrons. The molecular formula is C13H21NO4. The summed E-state index contributed by atoms with van der Waals surface area (Å²) in [7, 11) is 1.68. The van der Waals surface area contributed by atoms with Crippen LogP contribution in [0.1, 0.15) is 27.2 Å². The number of carbonyl (C=O) groups excluding carboxylic acids is 1. The number of aliphatic carboxylic acids is 1. The Balaban J connectivity index is 1.92. The third-order valence-electron chi connectivity index (χ3n) is 4.53. The maximum atomic E-state index is 11.9. The minimum absolute atomic E-state index is 0.0602. The molecule has 18 heavy (non-hydrogen) atoms. The second kappa shape index (κ2) is 4.23. The van der Waals surface area contributed by atoms with Crippen molar-refractivity contribution in [3.63, 3.8) is 0 Å². The monoisotopic (exact) mass is 255 g/mol. The van der Waals surface area contributed by atoms with Crippen molar-refractivity contribution in [3.05, 3.63) is 0 Å². The van der Waals surface area contributed by atoms with Crippen LogP contribution in [-0.2, 0) is 14.3 Å². The molecule has 0 aromatic rings. The Morgan fingerprint density at radius 3 is 2.33 bits per heavy atom. The summed E-state index contributed by atoms with van der Waals surface area (Å²) < 4.78 is 5.42. The number of carboxylic acids is 1. The van der Waals surface area contributed by atoms with Crippen LogP contribution in [0.4, 0.5) is 0 Å². The van der Waals surface area contributed by atoms with E-state index in [9.17, 15) is 9.59 Å². The molecule has 2 N–H and O–H groups in total. The number of carboxylic acid groups (broad SMARTS) is 1. The van der Waals surface area contributed by atoms with Crippen LogP contribution in [-0.4, -0.2) is 36.2 Å². The zero-order valence-electron chi connectivity index (χ0n) is 11.3. The van der Waals surface area contributed by atoms with Gasteiger partial charge in [0.25, 0.3) is 0 Å². The maximum absolute atomic E-state index is 11.9. The van der Waals surface area contributed by atoms with Gasteiger partial charge < -0.3 is 15.2 Å². The van der Waals surface area contributed by atoms with Gasteiger partial charge in [-0.2, -0.15) is 0 Å². The van der Waals surface area contributed by atoms with E-state index in [1.165, 1.54) is 0 Å². The van der Waals surface area contributed by atoms with Crippen molar-refractivity contribution < 1.29 is 19.4 Å². The summed E-state index contributed by atoms with van der Waals surface area (Å²) in [6.07, 6.45) is 0.605. The fraction of sp³-hybridized carbons (Fsp3) is 0.846. The third kappa shape index (κ3) is 1.90. The fourth-order valence-electron chi connectivity index (χ4n) is 3.44. The first-order valence-corrected chi connectivity index (χ1v) is 6.36. The predicted octanol–water partition coefficient (Wildman–Crippen LogP) is 0.883. The van der Waals surface area contributed by atoms with Crippen molar-refractivity contribution in [2.24, 2.45) is 23.2 Å². The Bertz CT molecular complexity index is 379. The average molecular weight is 255 g/mol. The van der Waals surface area contributed by atoms with Crippen LogP contribution in [0.5, 0.6) is 0 Å². The second-order valence-corrected chi connectivity index (χ2v) is 6.11. The van der Waals surface area contributed by atoms with Crippen molar-refractivity contribution >= 4 is 11.9 Å². The highest BCUT2D eigenvalue weighted by Crippen LogP contribution is 2.48. The topological polar surface area (TPSA) is 75.6 Å². The van der Waals surface area contributed by atoms with Crippen molar-refractivity contribution in [2.45, 2.75) is 39.3 Å². The summed E-state index contributed by atoms with van der Waals surface area (Å²) in [6, 6.07) is 0.0602.